The maximum absolute atomic E-state index is 11.3. The number of unbranched alkanes of at least 4 members (excludes halogenated alkanes) is 1. The highest BCUT2D eigenvalue weighted by atomic mass is 32.2. The van der Waals surface area contributed by atoms with Crippen LogP contribution < -0.4 is 11.1 Å². The molecule has 100 valence electrons. The third-order valence-corrected chi connectivity index (χ3v) is 3.21. The van der Waals surface area contributed by atoms with Gasteiger partial charge in [0.1, 0.15) is 5.78 Å². The number of Topliss-reactive ketones (excluding diaryl/α,β-unsaturated/α-hetero) is 1. The number of carbonyl (C=O) groups is 2. The van der Waals surface area contributed by atoms with Crippen LogP contribution in [0.25, 0.3) is 0 Å². The minimum absolute atomic E-state index is 0.0110. The molecule has 0 aliphatic carbocycles. The first-order valence-electron chi connectivity index (χ1n) is 5.67. The highest BCUT2D eigenvalue weighted by molar-refractivity contribution is 8.00. The van der Waals surface area contributed by atoms with E-state index < -0.39 is 6.04 Å². The molecule has 0 spiro atoms. The van der Waals surface area contributed by atoms with Gasteiger partial charge in [0.2, 0.25) is 5.91 Å². The summed E-state index contributed by atoms with van der Waals surface area (Å²) >= 11 is 1.38. The zero-order chi connectivity index (χ0) is 13.1. The van der Waals surface area contributed by atoms with Crippen LogP contribution in [-0.4, -0.2) is 49.5 Å². The zero-order valence-electron chi connectivity index (χ0n) is 10.5. The molecular weight excluding hydrogens is 240 g/mol. The van der Waals surface area contributed by atoms with Gasteiger partial charge in [-0.05, 0) is 19.8 Å². The lowest BCUT2D eigenvalue weighted by molar-refractivity contribution is -0.119. The van der Waals surface area contributed by atoms with Crippen LogP contribution in [0.4, 0.5) is 0 Å². The molecule has 0 aromatic rings. The van der Waals surface area contributed by atoms with Crippen molar-refractivity contribution >= 4 is 23.5 Å². The summed E-state index contributed by atoms with van der Waals surface area (Å²) in [5, 5.41) is 2.80. The van der Waals surface area contributed by atoms with Crippen molar-refractivity contribution in [3.63, 3.8) is 0 Å². The van der Waals surface area contributed by atoms with Crippen molar-refractivity contribution in [2.24, 2.45) is 5.73 Å². The van der Waals surface area contributed by atoms with Crippen molar-refractivity contribution in [3.05, 3.63) is 0 Å². The van der Waals surface area contributed by atoms with Gasteiger partial charge in [-0.3, -0.25) is 9.59 Å². The summed E-state index contributed by atoms with van der Waals surface area (Å²) < 4.78 is 4.90. The van der Waals surface area contributed by atoms with Crippen molar-refractivity contribution in [2.75, 3.05) is 31.8 Å². The monoisotopic (exact) mass is 262 g/mol. The van der Waals surface area contributed by atoms with Crippen LogP contribution in [0.1, 0.15) is 19.8 Å². The van der Waals surface area contributed by atoms with Crippen LogP contribution in [-0.2, 0) is 14.3 Å². The van der Waals surface area contributed by atoms with Gasteiger partial charge in [0.25, 0.3) is 0 Å². The SMILES string of the molecule is COCCCCNC(=O)CSCC(N)C(C)=O. The van der Waals surface area contributed by atoms with Gasteiger partial charge in [-0.25, -0.2) is 0 Å². The van der Waals surface area contributed by atoms with Gasteiger partial charge in [0.15, 0.2) is 0 Å². The van der Waals surface area contributed by atoms with E-state index in [4.69, 9.17) is 10.5 Å². The van der Waals surface area contributed by atoms with Crippen molar-refractivity contribution < 1.29 is 14.3 Å². The number of amides is 1. The highest BCUT2D eigenvalue weighted by Gasteiger charge is 2.09. The van der Waals surface area contributed by atoms with E-state index in [9.17, 15) is 9.59 Å². The van der Waals surface area contributed by atoms with Gasteiger partial charge in [0, 0.05) is 26.0 Å². The van der Waals surface area contributed by atoms with Crippen LogP contribution in [0.3, 0.4) is 0 Å². The zero-order valence-corrected chi connectivity index (χ0v) is 11.3. The van der Waals surface area contributed by atoms with E-state index in [0.29, 0.717) is 18.1 Å². The van der Waals surface area contributed by atoms with Gasteiger partial charge in [-0.1, -0.05) is 0 Å². The van der Waals surface area contributed by atoms with Crippen LogP contribution in [0.2, 0.25) is 0 Å². The molecule has 0 bridgehead atoms. The number of ether oxygens (including phenoxy) is 1. The molecule has 0 aromatic carbocycles. The molecule has 0 saturated heterocycles. The Kier molecular flexibility index (Phi) is 10.2. The summed E-state index contributed by atoms with van der Waals surface area (Å²) in [6, 6.07) is -0.463. The quantitative estimate of drug-likeness (QED) is 0.549. The van der Waals surface area contributed by atoms with E-state index in [2.05, 4.69) is 5.32 Å². The fourth-order valence-corrected chi connectivity index (χ4v) is 1.94. The van der Waals surface area contributed by atoms with Crippen molar-refractivity contribution in [1.82, 2.24) is 5.32 Å². The first-order valence-corrected chi connectivity index (χ1v) is 6.82. The number of thioether (sulfide) groups is 1. The predicted molar refractivity (Wildman–Crippen MR) is 70.1 cm³/mol. The van der Waals surface area contributed by atoms with E-state index in [-0.39, 0.29) is 11.7 Å². The summed E-state index contributed by atoms with van der Waals surface area (Å²) in [7, 11) is 1.66. The number of nitrogens with one attached hydrogen (secondary N) is 1. The Morgan fingerprint density at radius 3 is 2.71 bits per heavy atom. The minimum Gasteiger partial charge on any atom is -0.385 e. The number of hydrogen-bond acceptors (Lipinski definition) is 5. The second-order valence-electron chi connectivity index (χ2n) is 3.78. The Morgan fingerprint density at radius 2 is 2.12 bits per heavy atom. The number of ketones is 1. The largest absolute Gasteiger partial charge is 0.385 e. The molecular formula is C11H22N2O3S. The summed E-state index contributed by atoms with van der Waals surface area (Å²) in [5.41, 5.74) is 5.54. The van der Waals surface area contributed by atoms with Gasteiger partial charge in [0.05, 0.1) is 11.8 Å². The van der Waals surface area contributed by atoms with Crippen molar-refractivity contribution in [1.29, 1.82) is 0 Å². The third-order valence-electron chi connectivity index (χ3n) is 2.15. The van der Waals surface area contributed by atoms with E-state index in [0.717, 1.165) is 19.4 Å². The Bertz CT molecular complexity index is 237. The fraction of sp³-hybridized carbons (Fsp3) is 0.818. The first-order chi connectivity index (χ1) is 8.07. The molecule has 0 aliphatic rings. The van der Waals surface area contributed by atoms with Gasteiger partial charge in [-0.15, -0.1) is 11.8 Å². The number of carbonyl (C=O) groups excluding carboxylic acids is 2. The standard InChI is InChI=1S/C11H22N2O3S/c1-9(14)10(12)7-17-8-11(15)13-5-3-4-6-16-2/h10H,3-8,12H2,1-2H3,(H,13,15). The van der Waals surface area contributed by atoms with Crippen LogP contribution in [0.5, 0.6) is 0 Å². The summed E-state index contributed by atoms with van der Waals surface area (Å²) in [5.74, 6) is 0.790. The molecule has 0 radical (unpaired) electrons. The molecule has 3 N–H and O–H groups in total. The lowest BCUT2D eigenvalue weighted by Gasteiger charge is -2.07. The van der Waals surface area contributed by atoms with E-state index in [1.165, 1.54) is 18.7 Å². The molecule has 0 saturated carbocycles. The van der Waals surface area contributed by atoms with Gasteiger partial charge < -0.3 is 15.8 Å². The van der Waals surface area contributed by atoms with Crippen LogP contribution >= 0.6 is 11.8 Å². The smallest absolute Gasteiger partial charge is 0.229 e. The van der Waals surface area contributed by atoms with E-state index in [1.807, 2.05) is 0 Å². The molecule has 0 fully saturated rings. The fourth-order valence-electron chi connectivity index (χ4n) is 1.05. The topological polar surface area (TPSA) is 81.4 Å². The normalized spacial score (nSPS) is 12.2. The molecule has 0 aromatic heterocycles. The average Bonchev–Trinajstić information content (AvgIpc) is 2.28. The van der Waals surface area contributed by atoms with Crippen LogP contribution in [0.15, 0.2) is 0 Å². The van der Waals surface area contributed by atoms with Crippen molar-refractivity contribution in [2.45, 2.75) is 25.8 Å². The molecule has 0 rings (SSSR count). The number of hydrogen-bond donors (Lipinski definition) is 2. The first kappa shape index (κ1) is 16.4. The minimum atomic E-state index is -0.463. The number of nitrogens with two attached hydrogens (primary N) is 1. The summed E-state index contributed by atoms with van der Waals surface area (Å²) in [6.07, 6.45) is 1.86. The maximum atomic E-state index is 11.3. The molecule has 1 unspecified atom stereocenters. The molecule has 6 heteroatoms. The van der Waals surface area contributed by atoms with Gasteiger partial charge in [-0.2, -0.15) is 0 Å². The third kappa shape index (κ3) is 10.3. The molecule has 5 nitrogen and oxygen atoms in total. The van der Waals surface area contributed by atoms with E-state index in [1.54, 1.807) is 7.11 Å². The molecule has 1 atom stereocenters. The second-order valence-corrected chi connectivity index (χ2v) is 4.81. The Balaban J connectivity index is 3.38. The summed E-state index contributed by atoms with van der Waals surface area (Å²) in [6.45, 7) is 2.85. The second kappa shape index (κ2) is 10.6. The van der Waals surface area contributed by atoms with Crippen molar-refractivity contribution in [3.8, 4) is 0 Å². The average molecular weight is 262 g/mol. The Labute approximate surface area is 107 Å². The lowest BCUT2D eigenvalue weighted by Crippen LogP contribution is -2.32. The Hall–Kier alpha value is -0.590. The van der Waals surface area contributed by atoms with E-state index >= 15 is 0 Å². The maximum Gasteiger partial charge on any atom is 0.229 e. The molecule has 0 aliphatic heterocycles. The predicted octanol–water partition coefficient (Wildman–Crippen LogP) is 0.179. The van der Waals surface area contributed by atoms with Gasteiger partial charge >= 0.3 is 0 Å². The Morgan fingerprint density at radius 1 is 1.41 bits per heavy atom. The number of methoxy groups -OCH3 is 1. The lowest BCUT2D eigenvalue weighted by atomic mass is 10.3. The molecule has 17 heavy (non-hydrogen) atoms. The summed E-state index contributed by atoms with van der Waals surface area (Å²) in [4.78, 5) is 22.2. The van der Waals surface area contributed by atoms with Crippen LogP contribution in [0, 0.1) is 0 Å². The highest BCUT2D eigenvalue weighted by Crippen LogP contribution is 2.01. The number of rotatable bonds is 10. The molecule has 1 amide bonds. The molecule has 0 heterocycles.